The molecule has 0 aliphatic carbocycles. The molecule has 0 spiro atoms. The lowest BCUT2D eigenvalue weighted by atomic mass is 10.0. The summed E-state index contributed by atoms with van der Waals surface area (Å²) in [5, 5.41) is 2.15. The van der Waals surface area contributed by atoms with E-state index >= 15 is 0 Å². The van der Waals surface area contributed by atoms with Gasteiger partial charge in [0.2, 0.25) is 0 Å². The van der Waals surface area contributed by atoms with E-state index in [1.807, 2.05) is 0 Å². The number of aromatic amines is 1. The molecule has 2 heterocycles. The molecule has 2 aromatic rings. The fourth-order valence-electron chi connectivity index (χ4n) is 2.19. The number of hydrazine groups is 1. The molecule has 0 amide bonds. The highest BCUT2D eigenvalue weighted by Gasteiger charge is 2.24. The Bertz CT molecular complexity index is 524. The van der Waals surface area contributed by atoms with Gasteiger partial charge in [0.1, 0.15) is 12.5 Å². The third-order valence-electron chi connectivity index (χ3n) is 3.42. The van der Waals surface area contributed by atoms with E-state index in [0.717, 1.165) is 13.1 Å². The second-order valence-electron chi connectivity index (χ2n) is 4.61. The molecule has 88 valence electrons. The van der Waals surface area contributed by atoms with Gasteiger partial charge in [0, 0.05) is 17.7 Å². The summed E-state index contributed by atoms with van der Waals surface area (Å²) in [7, 11) is 0. The van der Waals surface area contributed by atoms with Gasteiger partial charge in [-0.05, 0) is 25.0 Å². The van der Waals surface area contributed by atoms with Crippen LogP contribution in [-0.2, 0) is 6.42 Å². The number of aryl methyl sites for hydroxylation is 1. The van der Waals surface area contributed by atoms with E-state index in [-0.39, 0.29) is 0 Å². The molecule has 1 fully saturated rings. The monoisotopic (exact) mass is 227 g/mol. The molecule has 0 saturated carbocycles. The first-order valence-electron chi connectivity index (χ1n) is 5.98. The molecule has 2 N–H and O–H groups in total. The van der Waals surface area contributed by atoms with Gasteiger partial charge in [-0.1, -0.05) is 30.3 Å². The lowest BCUT2D eigenvalue weighted by molar-refractivity contribution is 1.12. The summed E-state index contributed by atoms with van der Waals surface area (Å²) in [5.74, 6) is 1.23. The number of nitrogens with zero attached hydrogens (tertiary/aromatic N) is 1. The molecule has 0 unspecified atom stereocenters. The van der Waals surface area contributed by atoms with E-state index in [0.29, 0.717) is 0 Å². The standard InChI is InChI=1S/C14H17N3/c1-10-11(2)16-14(17-9-15-17)13(10)8-12-6-4-3-5-7-12/h3-7,15-16H,8-9H2,1-2H3. The van der Waals surface area contributed by atoms with Crippen molar-refractivity contribution < 1.29 is 0 Å². The Balaban J connectivity index is 1.96. The maximum Gasteiger partial charge on any atom is 0.125 e. The Kier molecular flexibility index (Phi) is 2.41. The molecule has 0 bridgehead atoms. The van der Waals surface area contributed by atoms with Crippen LogP contribution in [0.2, 0.25) is 0 Å². The van der Waals surface area contributed by atoms with Crippen molar-refractivity contribution in [2.45, 2.75) is 20.3 Å². The van der Waals surface area contributed by atoms with E-state index in [4.69, 9.17) is 0 Å². The predicted molar refractivity (Wildman–Crippen MR) is 70.0 cm³/mol. The predicted octanol–water partition coefficient (Wildman–Crippen LogP) is 2.50. The quantitative estimate of drug-likeness (QED) is 0.791. The van der Waals surface area contributed by atoms with Gasteiger partial charge in [0.15, 0.2) is 0 Å². The summed E-state index contributed by atoms with van der Waals surface area (Å²) in [6, 6.07) is 10.6. The van der Waals surface area contributed by atoms with Crippen LogP contribution in [0.3, 0.4) is 0 Å². The van der Waals surface area contributed by atoms with Gasteiger partial charge in [0.25, 0.3) is 0 Å². The largest absolute Gasteiger partial charge is 0.344 e. The zero-order valence-corrected chi connectivity index (χ0v) is 10.2. The summed E-state index contributed by atoms with van der Waals surface area (Å²) in [4.78, 5) is 3.46. The number of H-pyrrole nitrogens is 1. The highest BCUT2D eigenvalue weighted by atomic mass is 15.7. The molecule has 1 aliphatic rings. The molecular weight excluding hydrogens is 210 g/mol. The summed E-state index contributed by atoms with van der Waals surface area (Å²) >= 11 is 0. The molecule has 3 rings (SSSR count). The lowest BCUT2D eigenvalue weighted by Crippen LogP contribution is -2.01. The highest BCUT2D eigenvalue weighted by Crippen LogP contribution is 2.29. The van der Waals surface area contributed by atoms with Crippen molar-refractivity contribution in [3.63, 3.8) is 0 Å². The fourth-order valence-corrected chi connectivity index (χ4v) is 2.19. The zero-order valence-electron chi connectivity index (χ0n) is 10.2. The van der Waals surface area contributed by atoms with E-state index in [9.17, 15) is 0 Å². The molecule has 1 aromatic heterocycles. The first-order chi connectivity index (χ1) is 8.25. The number of nitrogens with one attached hydrogen (secondary N) is 2. The number of rotatable bonds is 3. The Hall–Kier alpha value is -1.74. The summed E-state index contributed by atoms with van der Waals surface area (Å²) < 4.78 is 0. The second kappa shape index (κ2) is 3.93. The summed E-state index contributed by atoms with van der Waals surface area (Å²) in [5.41, 5.74) is 8.62. The first-order valence-corrected chi connectivity index (χ1v) is 5.98. The van der Waals surface area contributed by atoms with Gasteiger partial charge >= 0.3 is 0 Å². The number of benzene rings is 1. The van der Waals surface area contributed by atoms with Crippen molar-refractivity contribution in [3.8, 4) is 0 Å². The van der Waals surface area contributed by atoms with Gasteiger partial charge in [-0.2, -0.15) is 0 Å². The molecular formula is C14H17N3. The average Bonchev–Trinajstić information content (AvgIpc) is 3.14. The SMILES string of the molecule is Cc1[nH]c(N2CN2)c(Cc2ccccc2)c1C. The molecule has 3 heteroatoms. The van der Waals surface area contributed by atoms with Crippen LogP contribution in [0, 0.1) is 13.8 Å². The molecule has 17 heavy (non-hydrogen) atoms. The Morgan fingerprint density at radius 2 is 1.88 bits per heavy atom. The van der Waals surface area contributed by atoms with Gasteiger partial charge in [0.05, 0.1) is 0 Å². The molecule has 1 saturated heterocycles. The van der Waals surface area contributed by atoms with E-state index in [2.05, 4.69) is 59.6 Å². The molecule has 0 radical (unpaired) electrons. The van der Waals surface area contributed by atoms with Crippen molar-refractivity contribution in [3.05, 3.63) is 52.7 Å². The number of hydrogen-bond acceptors (Lipinski definition) is 2. The molecule has 3 nitrogen and oxygen atoms in total. The number of hydrogen-bond donors (Lipinski definition) is 2. The summed E-state index contributed by atoms with van der Waals surface area (Å²) in [6.45, 7) is 5.27. The molecule has 1 aliphatic heterocycles. The fraction of sp³-hybridized carbons (Fsp3) is 0.286. The van der Waals surface area contributed by atoms with Crippen LogP contribution in [0.25, 0.3) is 0 Å². The summed E-state index contributed by atoms with van der Waals surface area (Å²) in [6.07, 6.45) is 0.991. The minimum atomic E-state index is 0.946. The van der Waals surface area contributed by atoms with Crippen molar-refractivity contribution in [2.75, 3.05) is 11.7 Å². The second-order valence-corrected chi connectivity index (χ2v) is 4.61. The minimum absolute atomic E-state index is 0.946. The van der Waals surface area contributed by atoms with Crippen LogP contribution >= 0.6 is 0 Å². The molecule has 0 atom stereocenters. The van der Waals surface area contributed by atoms with Gasteiger partial charge < -0.3 is 4.98 Å². The van der Waals surface area contributed by atoms with Crippen molar-refractivity contribution in [2.24, 2.45) is 0 Å². The highest BCUT2D eigenvalue weighted by molar-refractivity contribution is 5.57. The Morgan fingerprint density at radius 1 is 1.18 bits per heavy atom. The third kappa shape index (κ3) is 1.94. The number of aromatic nitrogens is 1. The van der Waals surface area contributed by atoms with Crippen molar-refractivity contribution in [1.82, 2.24) is 10.4 Å². The Labute approximate surface area is 101 Å². The van der Waals surface area contributed by atoms with Crippen LogP contribution in [0.1, 0.15) is 22.4 Å². The van der Waals surface area contributed by atoms with Gasteiger partial charge in [-0.25, -0.2) is 5.43 Å². The van der Waals surface area contributed by atoms with E-state index in [1.165, 1.54) is 28.2 Å². The van der Waals surface area contributed by atoms with Gasteiger partial charge in [-0.15, -0.1) is 0 Å². The number of anilines is 1. The zero-order chi connectivity index (χ0) is 11.8. The van der Waals surface area contributed by atoms with E-state index < -0.39 is 0 Å². The molecule has 1 aromatic carbocycles. The third-order valence-corrected chi connectivity index (χ3v) is 3.42. The lowest BCUT2D eigenvalue weighted by Gasteiger charge is -2.05. The van der Waals surface area contributed by atoms with Crippen LogP contribution < -0.4 is 10.4 Å². The van der Waals surface area contributed by atoms with Crippen molar-refractivity contribution in [1.29, 1.82) is 0 Å². The normalized spacial score (nSPS) is 14.1. The maximum atomic E-state index is 3.46. The van der Waals surface area contributed by atoms with Crippen LogP contribution in [0.5, 0.6) is 0 Å². The van der Waals surface area contributed by atoms with Crippen LogP contribution in [-0.4, -0.2) is 11.7 Å². The first kappa shape index (κ1) is 10.4. The van der Waals surface area contributed by atoms with Crippen LogP contribution in [0.15, 0.2) is 30.3 Å². The minimum Gasteiger partial charge on any atom is -0.344 e. The maximum absolute atomic E-state index is 3.46. The van der Waals surface area contributed by atoms with E-state index in [1.54, 1.807) is 0 Å². The van der Waals surface area contributed by atoms with Crippen molar-refractivity contribution >= 4 is 5.82 Å². The van der Waals surface area contributed by atoms with Crippen LogP contribution in [0.4, 0.5) is 5.82 Å². The topological polar surface area (TPSA) is 40.7 Å². The Morgan fingerprint density at radius 3 is 2.53 bits per heavy atom. The van der Waals surface area contributed by atoms with Gasteiger partial charge in [-0.3, -0.25) is 5.01 Å². The average molecular weight is 227 g/mol. The smallest absolute Gasteiger partial charge is 0.125 e.